The van der Waals surface area contributed by atoms with Gasteiger partial charge in [-0.25, -0.2) is 9.37 Å². The number of nitrogens with zero attached hydrogens (tertiary/aromatic N) is 1. The molecule has 5 heteroatoms. The van der Waals surface area contributed by atoms with E-state index >= 15 is 0 Å². The van der Waals surface area contributed by atoms with Gasteiger partial charge in [-0.3, -0.25) is 0 Å². The van der Waals surface area contributed by atoms with Crippen LogP contribution < -0.4 is 5.73 Å². The number of aromatic nitrogens is 1. The van der Waals surface area contributed by atoms with Gasteiger partial charge in [0.05, 0.1) is 16.3 Å². The molecule has 2 nitrogen and oxygen atoms in total. The maximum atomic E-state index is 13.9. The van der Waals surface area contributed by atoms with Crippen molar-refractivity contribution in [2.45, 2.75) is 26.8 Å². The van der Waals surface area contributed by atoms with Crippen LogP contribution in [0.25, 0.3) is 10.6 Å². The van der Waals surface area contributed by atoms with E-state index in [9.17, 15) is 4.39 Å². The van der Waals surface area contributed by atoms with Gasteiger partial charge in [0.2, 0.25) is 0 Å². The maximum absolute atomic E-state index is 13.9. The summed E-state index contributed by atoms with van der Waals surface area (Å²) >= 11 is 7.49. The minimum Gasteiger partial charge on any atom is -0.326 e. The monoisotopic (exact) mass is 298 g/mol. The minimum atomic E-state index is -0.346. The molecule has 2 N–H and O–H groups in total. The van der Waals surface area contributed by atoms with E-state index in [1.54, 1.807) is 12.1 Å². The molecule has 0 spiro atoms. The number of rotatable bonds is 4. The Labute approximate surface area is 121 Å². The van der Waals surface area contributed by atoms with Crippen molar-refractivity contribution < 1.29 is 4.39 Å². The highest BCUT2D eigenvalue weighted by Crippen LogP contribution is 2.35. The van der Waals surface area contributed by atoms with Crippen LogP contribution in [-0.4, -0.2) is 4.98 Å². The molecule has 0 radical (unpaired) electrons. The smallest absolute Gasteiger partial charge is 0.134 e. The third-order valence-corrected chi connectivity index (χ3v) is 4.19. The van der Waals surface area contributed by atoms with Crippen LogP contribution in [0.1, 0.15) is 24.4 Å². The fourth-order valence-corrected chi connectivity index (χ4v) is 3.24. The van der Waals surface area contributed by atoms with Crippen molar-refractivity contribution >= 4 is 22.9 Å². The van der Waals surface area contributed by atoms with Crippen LogP contribution in [-0.2, 0) is 13.0 Å². The Morgan fingerprint density at radius 1 is 1.42 bits per heavy atom. The van der Waals surface area contributed by atoms with Crippen LogP contribution >= 0.6 is 22.9 Å². The summed E-state index contributed by atoms with van der Waals surface area (Å²) in [6.07, 6.45) is 0.842. The van der Waals surface area contributed by atoms with E-state index in [2.05, 4.69) is 18.8 Å². The third-order valence-electron chi connectivity index (χ3n) is 2.74. The first-order chi connectivity index (χ1) is 9.02. The summed E-state index contributed by atoms with van der Waals surface area (Å²) in [5.41, 5.74) is 7.07. The third kappa shape index (κ3) is 3.14. The molecular formula is C14H16ClFN2S. The Kier molecular flexibility index (Phi) is 4.55. The molecule has 0 aliphatic carbocycles. The topological polar surface area (TPSA) is 38.9 Å². The molecule has 0 unspecified atom stereocenters. The first kappa shape index (κ1) is 14.4. The van der Waals surface area contributed by atoms with Gasteiger partial charge in [-0.2, -0.15) is 0 Å². The van der Waals surface area contributed by atoms with Gasteiger partial charge in [-0.1, -0.05) is 31.5 Å². The highest BCUT2D eigenvalue weighted by Gasteiger charge is 2.17. The van der Waals surface area contributed by atoms with E-state index in [1.165, 1.54) is 17.4 Å². The molecule has 1 aromatic heterocycles. The number of hydrogen-bond donors (Lipinski definition) is 1. The lowest BCUT2D eigenvalue weighted by Gasteiger charge is -2.03. The van der Waals surface area contributed by atoms with Crippen molar-refractivity contribution in [2.24, 2.45) is 11.7 Å². The van der Waals surface area contributed by atoms with Gasteiger partial charge in [0.25, 0.3) is 0 Å². The predicted octanol–water partition coefficient (Wildman–Crippen LogP) is 4.26. The van der Waals surface area contributed by atoms with E-state index in [0.717, 1.165) is 17.0 Å². The molecule has 0 saturated carbocycles. The van der Waals surface area contributed by atoms with Crippen LogP contribution in [0.4, 0.5) is 4.39 Å². The normalized spacial score (nSPS) is 11.3. The number of hydrogen-bond acceptors (Lipinski definition) is 3. The highest BCUT2D eigenvalue weighted by molar-refractivity contribution is 7.15. The van der Waals surface area contributed by atoms with E-state index in [4.69, 9.17) is 17.3 Å². The summed E-state index contributed by atoms with van der Waals surface area (Å²) in [5, 5.41) is 0.993. The number of nitrogens with two attached hydrogens (primary N) is 1. The van der Waals surface area contributed by atoms with E-state index < -0.39 is 0 Å². The Bertz CT molecular complexity index is 561. The molecule has 1 heterocycles. The van der Waals surface area contributed by atoms with Crippen molar-refractivity contribution in [2.75, 3.05) is 0 Å². The standard InChI is InChI=1S/C14H16ClFN2S/c1-8(2)6-11-12(7-17)19-14(18-11)13-9(15)4-3-5-10(13)16/h3-5,8H,6-7,17H2,1-2H3. The summed E-state index contributed by atoms with van der Waals surface area (Å²) in [6.45, 7) is 4.66. The average Bonchev–Trinajstić information content (AvgIpc) is 2.71. The first-order valence-electron chi connectivity index (χ1n) is 6.16. The van der Waals surface area contributed by atoms with Gasteiger partial charge in [0, 0.05) is 11.4 Å². The zero-order chi connectivity index (χ0) is 14.0. The largest absolute Gasteiger partial charge is 0.326 e. The molecule has 2 rings (SSSR count). The van der Waals surface area contributed by atoms with Crippen molar-refractivity contribution in [3.05, 3.63) is 39.6 Å². The second kappa shape index (κ2) is 5.99. The van der Waals surface area contributed by atoms with E-state index in [0.29, 0.717) is 28.1 Å². The molecule has 102 valence electrons. The number of halogens is 2. The van der Waals surface area contributed by atoms with Crippen molar-refractivity contribution in [3.8, 4) is 10.6 Å². The molecule has 0 bridgehead atoms. The number of benzene rings is 1. The maximum Gasteiger partial charge on any atom is 0.134 e. The molecule has 2 aromatic rings. The summed E-state index contributed by atoms with van der Waals surface area (Å²) in [7, 11) is 0. The van der Waals surface area contributed by atoms with Gasteiger partial charge in [0.1, 0.15) is 10.8 Å². The lowest BCUT2D eigenvalue weighted by molar-refractivity contribution is 0.628. The summed E-state index contributed by atoms with van der Waals surface area (Å²) < 4.78 is 13.9. The SMILES string of the molecule is CC(C)Cc1nc(-c2c(F)cccc2Cl)sc1CN. The zero-order valence-electron chi connectivity index (χ0n) is 10.9. The van der Waals surface area contributed by atoms with Crippen molar-refractivity contribution in [1.29, 1.82) is 0 Å². The van der Waals surface area contributed by atoms with Crippen LogP contribution in [0, 0.1) is 11.7 Å². The summed E-state index contributed by atoms with van der Waals surface area (Å²) in [6, 6.07) is 4.66. The average molecular weight is 299 g/mol. The second-order valence-electron chi connectivity index (χ2n) is 4.79. The molecule has 0 amide bonds. The van der Waals surface area contributed by atoms with Crippen molar-refractivity contribution in [3.63, 3.8) is 0 Å². The molecule has 19 heavy (non-hydrogen) atoms. The van der Waals surface area contributed by atoms with Crippen LogP contribution in [0.15, 0.2) is 18.2 Å². The van der Waals surface area contributed by atoms with E-state index in [-0.39, 0.29) is 5.82 Å². The van der Waals surface area contributed by atoms with Gasteiger partial charge in [-0.05, 0) is 24.5 Å². The molecule has 0 saturated heterocycles. The van der Waals surface area contributed by atoms with Crippen molar-refractivity contribution in [1.82, 2.24) is 4.98 Å². The highest BCUT2D eigenvalue weighted by atomic mass is 35.5. The second-order valence-corrected chi connectivity index (χ2v) is 6.28. The van der Waals surface area contributed by atoms with Gasteiger partial charge < -0.3 is 5.73 Å². The Balaban J connectivity index is 2.49. The van der Waals surface area contributed by atoms with E-state index in [1.807, 2.05) is 0 Å². The van der Waals surface area contributed by atoms with Crippen LogP contribution in [0.3, 0.4) is 0 Å². The molecule has 0 fully saturated rings. The summed E-state index contributed by atoms with van der Waals surface area (Å²) in [5.74, 6) is 0.136. The molecular weight excluding hydrogens is 283 g/mol. The van der Waals surface area contributed by atoms with Gasteiger partial charge in [0.15, 0.2) is 0 Å². The van der Waals surface area contributed by atoms with Gasteiger partial charge in [-0.15, -0.1) is 11.3 Å². The summed E-state index contributed by atoms with van der Waals surface area (Å²) in [4.78, 5) is 5.53. The molecule has 0 atom stereocenters. The fraction of sp³-hybridized carbons (Fsp3) is 0.357. The quantitative estimate of drug-likeness (QED) is 0.916. The van der Waals surface area contributed by atoms with Crippen LogP contribution in [0.5, 0.6) is 0 Å². The Morgan fingerprint density at radius 2 is 2.16 bits per heavy atom. The Morgan fingerprint density at radius 3 is 2.74 bits per heavy atom. The lowest BCUT2D eigenvalue weighted by atomic mass is 10.1. The van der Waals surface area contributed by atoms with Gasteiger partial charge >= 0.3 is 0 Å². The lowest BCUT2D eigenvalue weighted by Crippen LogP contribution is -2.02. The molecule has 1 aromatic carbocycles. The number of thiazole rings is 1. The van der Waals surface area contributed by atoms with Crippen LogP contribution in [0.2, 0.25) is 5.02 Å². The molecule has 0 aliphatic heterocycles. The predicted molar refractivity (Wildman–Crippen MR) is 79.0 cm³/mol. The Hall–Kier alpha value is -0.970. The molecule has 0 aliphatic rings. The fourth-order valence-electron chi connectivity index (χ4n) is 1.90. The first-order valence-corrected chi connectivity index (χ1v) is 7.35. The zero-order valence-corrected chi connectivity index (χ0v) is 12.5. The minimum absolute atomic E-state index is 0.346.